The summed E-state index contributed by atoms with van der Waals surface area (Å²) in [5.41, 5.74) is -1.05. The van der Waals surface area contributed by atoms with Gasteiger partial charge in [0.25, 0.3) is 5.91 Å². The molecule has 3 rings (SSSR count). The molecule has 0 saturated carbocycles. The summed E-state index contributed by atoms with van der Waals surface area (Å²) in [4.78, 5) is 27.8. The summed E-state index contributed by atoms with van der Waals surface area (Å²) in [6.45, 7) is 1.56. The summed E-state index contributed by atoms with van der Waals surface area (Å²) in [7, 11) is 0. The van der Waals surface area contributed by atoms with Crippen molar-refractivity contribution in [3.8, 4) is 0 Å². The van der Waals surface area contributed by atoms with Crippen molar-refractivity contribution in [3.63, 3.8) is 0 Å². The molecule has 0 saturated heterocycles. The van der Waals surface area contributed by atoms with Gasteiger partial charge in [-0.3, -0.25) is 4.79 Å². The van der Waals surface area contributed by atoms with Gasteiger partial charge >= 0.3 is 12.1 Å². The Hall–Kier alpha value is -3.01. The highest BCUT2D eigenvalue weighted by Gasteiger charge is 2.34. The summed E-state index contributed by atoms with van der Waals surface area (Å²) in [5, 5.41) is 9.53. The second kappa shape index (κ2) is 7.78. The largest absolute Gasteiger partial charge is 0.480 e. The van der Waals surface area contributed by atoms with Crippen LogP contribution in [0.1, 0.15) is 35.3 Å². The van der Waals surface area contributed by atoms with Crippen LogP contribution >= 0.6 is 11.3 Å². The van der Waals surface area contributed by atoms with Gasteiger partial charge in [0.1, 0.15) is 11.9 Å². The van der Waals surface area contributed by atoms with E-state index in [2.05, 4.69) is 4.99 Å². The number of benzene rings is 2. The molecule has 1 atom stereocenters. The van der Waals surface area contributed by atoms with E-state index in [0.29, 0.717) is 11.3 Å². The summed E-state index contributed by atoms with van der Waals surface area (Å²) in [6, 6.07) is 6.84. The lowest BCUT2D eigenvalue weighted by Crippen LogP contribution is -2.27. The molecule has 1 aromatic heterocycles. The molecule has 0 bridgehead atoms. The fraction of sp³-hybridized carbons (Fsp3) is 0.211. The van der Waals surface area contributed by atoms with Crippen LogP contribution in [0.15, 0.2) is 47.5 Å². The number of alkyl halides is 3. The minimum Gasteiger partial charge on any atom is -0.480 e. The highest BCUT2D eigenvalue weighted by atomic mass is 32.1. The van der Waals surface area contributed by atoms with Crippen molar-refractivity contribution in [1.82, 2.24) is 4.57 Å². The van der Waals surface area contributed by atoms with Gasteiger partial charge in [0.05, 0.1) is 15.8 Å². The van der Waals surface area contributed by atoms with E-state index in [0.717, 1.165) is 22.8 Å². The molecule has 0 aliphatic rings. The van der Waals surface area contributed by atoms with Crippen LogP contribution in [0.2, 0.25) is 0 Å². The maximum atomic E-state index is 13.4. The first-order chi connectivity index (χ1) is 13.6. The lowest BCUT2D eigenvalue weighted by atomic mass is 10.1. The Labute approximate surface area is 165 Å². The van der Waals surface area contributed by atoms with E-state index < -0.39 is 35.5 Å². The quantitative estimate of drug-likeness (QED) is 0.618. The Morgan fingerprint density at radius 2 is 1.90 bits per heavy atom. The van der Waals surface area contributed by atoms with Gasteiger partial charge in [-0.25, -0.2) is 9.18 Å². The molecule has 0 fully saturated rings. The number of nitrogens with zero attached hydrogens (tertiary/aromatic N) is 2. The Bertz CT molecular complexity index is 1160. The van der Waals surface area contributed by atoms with E-state index >= 15 is 0 Å². The van der Waals surface area contributed by atoms with E-state index in [9.17, 15) is 32.3 Å². The van der Waals surface area contributed by atoms with Crippen molar-refractivity contribution in [2.45, 2.75) is 25.6 Å². The molecule has 1 heterocycles. The number of rotatable bonds is 4. The zero-order valence-corrected chi connectivity index (χ0v) is 15.7. The molecule has 2 aromatic carbocycles. The van der Waals surface area contributed by atoms with Gasteiger partial charge in [0.15, 0.2) is 4.80 Å². The molecule has 152 valence electrons. The van der Waals surface area contributed by atoms with Crippen LogP contribution in [0.4, 0.5) is 17.6 Å². The molecule has 29 heavy (non-hydrogen) atoms. The average Bonchev–Trinajstić information content (AvgIpc) is 2.99. The molecular weight excluding hydrogens is 412 g/mol. The molecule has 1 amide bonds. The Balaban J connectivity index is 2.33. The third-order valence-electron chi connectivity index (χ3n) is 4.21. The smallest absolute Gasteiger partial charge is 0.417 e. The van der Waals surface area contributed by atoms with Crippen LogP contribution < -0.4 is 4.80 Å². The normalized spacial score (nSPS) is 13.6. The van der Waals surface area contributed by atoms with Crippen molar-refractivity contribution in [3.05, 3.63) is 64.2 Å². The maximum Gasteiger partial charge on any atom is 0.417 e. The van der Waals surface area contributed by atoms with Crippen LogP contribution in [0.25, 0.3) is 10.2 Å². The zero-order chi connectivity index (χ0) is 21.3. The van der Waals surface area contributed by atoms with Crippen LogP contribution in [-0.4, -0.2) is 21.6 Å². The fourth-order valence-electron chi connectivity index (χ4n) is 2.91. The first-order valence-electron chi connectivity index (χ1n) is 8.42. The standard InChI is InChI=1S/C19H14F4N2O3S/c1-2-13(17(27)28)25-14-8-4-7-12(19(21,22)23)15(14)29-18(25)24-16(26)10-5-3-6-11(20)9-10/h3-9,13H,2H2,1H3,(H,27,28). The van der Waals surface area contributed by atoms with Crippen LogP contribution in [0.5, 0.6) is 0 Å². The van der Waals surface area contributed by atoms with E-state index in [4.69, 9.17) is 0 Å². The molecule has 5 nitrogen and oxygen atoms in total. The minimum atomic E-state index is -4.67. The molecule has 10 heteroatoms. The third kappa shape index (κ3) is 4.07. The number of thiazole rings is 1. The molecule has 1 N–H and O–H groups in total. The van der Waals surface area contributed by atoms with E-state index in [1.807, 2.05) is 0 Å². The van der Waals surface area contributed by atoms with Crippen molar-refractivity contribution >= 4 is 33.4 Å². The number of carboxylic acids is 1. The van der Waals surface area contributed by atoms with Crippen molar-refractivity contribution in [2.24, 2.45) is 4.99 Å². The molecule has 0 aliphatic carbocycles. The number of hydrogen-bond acceptors (Lipinski definition) is 3. The molecule has 0 spiro atoms. The number of amides is 1. The Morgan fingerprint density at radius 3 is 2.48 bits per heavy atom. The number of carboxylic acid groups (broad SMARTS) is 1. The van der Waals surface area contributed by atoms with Crippen LogP contribution in [-0.2, 0) is 11.0 Å². The second-order valence-corrected chi connectivity index (χ2v) is 7.07. The number of hydrogen-bond donors (Lipinski definition) is 1. The molecule has 0 radical (unpaired) electrons. The predicted octanol–water partition coefficient (Wildman–Crippen LogP) is 4.64. The monoisotopic (exact) mass is 426 g/mol. The van der Waals surface area contributed by atoms with Gasteiger partial charge in [-0.15, -0.1) is 0 Å². The summed E-state index contributed by atoms with van der Waals surface area (Å²) in [6.07, 6.45) is -4.62. The lowest BCUT2D eigenvalue weighted by Gasteiger charge is -2.14. The van der Waals surface area contributed by atoms with Gasteiger partial charge in [-0.2, -0.15) is 18.2 Å². The molecule has 3 aromatic rings. The van der Waals surface area contributed by atoms with Crippen molar-refractivity contribution in [2.75, 3.05) is 0 Å². The zero-order valence-electron chi connectivity index (χ0n) is 14.9. The lowest BCUT2D eigenvalue weighted by molar-refractivity contribution is -0.141. The first kappa shape index (κ1) is 20.7. The predicted molar refractivity (Wildman–Crippen MR) is 98.1 cm³/mol. The average molecular weight is 426 g/mol. The number of halogens is 4. The fourth-order valence-corrected chi connectivity index (χ4v) is 4.11. The van der Waals surface area contributed by atoms with E-state index in [1.54, 1.807) is 6.92 Å². The molecule has 0 aliphatic heterocycles. The summed E-state index contributed by atoms with van der Waals surface area (Å²) in [5.74, 6) is -2.84. The highest BCUT2D eigenvalue weighted by molar-refractivity contribution is 7.16. The Morgan fingerprint density at radius 1 is 1.21 bits per heavy atom. The van der Waals surface area contributed by atoms with Crippen LogP contribution in [0.3, 0.4) is 0 Å². The SMILES string of the molecule is CCC(C(=O)O)n1c(=NC(=O)c2cccc(F)c2)sc2c(C(F)(F)F)cccc21. The molecular formula is C19H14F4N2O3S. The van der Waals surface area contributed by atoms with E-state index in [-0.39, 0.29) is 27.0 Å². The van der Waals surface area contributed by atoms with Crippen molar-refractivity contribution in [1.29, 1.82) is 0 Å². The summed E-state index contributed by atoms with van der Waals surface area (Å²) < 4.78 is 54.5. The van der Waals surface area contributed by atoms with E-state index in [1.165, 1.54) is 24.3 Å². The topological polar surface area (TPSA) is 71.7 Å². The van der Waals surface area contributed by atoms with Gasteiger partial charge in [0.2, 0.25) is 0 Å². The van der Waals surface area contributed by atoms with Gasteiger partial charge in [0, 0.05) is 5.56 Å². The van der Waals surface area contributed by atoms with Gasteiger partial charge in [-0.1, -0.05) is 30.4 Å². The number of aliphatic carboxylic acids is 1. The second-order valence-electron chi connectivity index (χ2n) is 6.10. The van der Waals surface area contributed by atoms with Crippen molar-refractivity contribution < 1.29 is 32.3 Å². The maximum absolute atomic E-state index is 13.4. The summed E-state index contributed by atoms with van der Waals surface area (Å²) >= 11 is 0.564. The number of carbonyl (C=O) groups is 2. The minimum absolute atomic E-state index is 0.00451. The number of aromatic nitrogens is 1. The highest BCUT2D eigenvalue weighted by Crippen LogP contribution is 2.37. The first-order valence-corrected chi connectivity index (χ1v) is 9.23. The van der Waals surface area contributed by atoms with Crippen LogP contribution in [0, 0.1) is 5.82 Å². The third-order valence-corrected chi connectivity index (χ3v) is 5.31. The van der Waals surface area contributed by atoms with Gasteiger partial charge < -0.3 is 9.67 Å². The van der Waals surface area contributed by atoms with Gasteiger partial charge in [-0.05, 0) is 36.8 Å². The number of fused-ring (bicyclic) bond motifs is 1. The Kier molecular flexibility index (Phi) is 5.56. The number of carbonyl (C=O) groups excluding carboxylic acids is 1. The molecule has 1 unspecified atom stereocenters.